The molecule has 1 aromatic heterocycles. The zero-order valence-electron chi connectivity index (χ0n) is 11.9. The van der Waals surface area contributed by atoms with Crippen molar-refractivity contribution >= 4 is 0 Å². The van der Waals surface area contributed by atoms with Gasteiger partial charge in [-0.25, -0.2) is 0 Å². The van der Waals surface area contributed by atoms with Crippen molar-refractivity contribution in [1.82, 2.24) is 25.0 Å². The Balaban J connectivity index is 1.72. The highest BCUT2D eigenvalue weighted by Crippen LogP contribution is 2.18. The number of fused-ring (bicyclic) bond motifs is 1. The molecule has 1 unspecified atom stereocenters. The monoisotopic (exact) mass is 263 g/mol. The van der Waals surface area contributed by atoms with Crippen LogP contribution >= 0.6 is 0 Å². The average molecular weight is 263 g/mol. The predicted molar refractivity (Wildman–Crippen MR) is 74.9 cm³/mol. The van der Waals surface area contributed by atoms with E-state index < -0.39 is 0 Å². The van der Waals surface area contributed by atoms with Crippen LogP contribution in [0.3, 0.4) is 0 Å². The molecule has 2 aliphatic rings. The quantitative estimate of drug-likeness (QED) is 0.867. The summed E-state index contributed by atoms with van der Waals surface area (Å²) in [5.41, 5.74) is 0. The van der Waals surface area contributed by atoms with E-state index in [2.05, 4.69) is 31.9 Å². The van der Waals surface area contributed by atoms with Crippen molar-refractivity contribution in [1.29, 1.82) is 0 Å². The Morgan fingerprint density at radius 2 is 2.32 bits per heavy atom. The van der Waals surface area contributed by atoms with Crippen LogP contribution in [0.5, 0.6) is 0 Å². The Bertz CT molecular complexity index is 408. The van der Waals surface area contributed by atoms with E-state index in [0.717, 1.165) is 39.1 Å². The van der Waals surface area contributed by atoms with Gasteiger partial charge in [-0.2, -0.15) is 0 Å². The molecule has 1 N–H and O–H groups in total. The summed E-state index contributed by atoms with van der Waals surface area (Å²) in [7, 11) is 0. The third kappa shape index (κ3) is 2.82. The van der Waals surface area contributed by atoms with Crippen molar-refractivity contribution in [2.45, 2.75) is 58.2 Å². The molecule has 0 bridgehead atoms. The van der Waals surface area contributed by atoms with Crippen molar-refractivity contribution in [2.75, 3.05) is 19.6 Å². The number of nitrogens with zero attached hydrogens (tertiary/aromatic N) is 4. The van der Waals surface area contributed by atoms with Crippen LogP contribution in [0.25, 0.3) is 0 Å². The minimum atomic E-state index is 0.677. The van der Waals surface area contributed by atoms with Gasteiger partial charge in [0.05, 0.1) is 6.54 Å². The van der Waals surface area contributed by atoms with Crippen LogP contribution in [-0.4, -0.2) is 45.3 Å². The van der Waals surface area contributed by atoms with E-state index in [9.17, 15) is 0 Å². The average Bonchev–Trinajstić information content (AvgIpc) is 3.08. The summed E-state index contributed by atoms with van der Waals surface area (Å²) in [5.74, 6) is 2.37. The first-order valence-corrected chi connectivity index (χ1v) is 7.74. The third-order valence-electron chi connectivity index (χ3n) is 4.34. The molecule has 2 aliphatic heterocycles. The molecule has 0 aromatic carbocycles. The fourth-order valence-electron chi connectivity index (χ4n) is 3.30. The van der Waals surface area contributed by atoms with Crippen molar-refractivity contribution in [2.24, 2.45) is 0 Å². The summed E-state index contributed by atoms with van der Waals surface area (Å²) in [5, 5.41) is 12.3. The maximum atomic E-state index is 4.44. The van der Waals surface area contributed by atoms with E-state index in [4.69, 9.17) is 0 Å². The van der Waals surface area contributed by atoms with Crippen LogP contribution < -0.4 is 5.32 Å². The van der Waals surface area contributed by atoms with E-state index in [1.54, 1.807) is 0 Å². The number of aromatic nitrogens is 3. The van der Waals surface area contributed by atoms with Crippen LogP contribution in [0.4, 0.5) is 0 Å². The zero-order valence-corrected chi connectivity index (χ0v) is 11.9. The Morgan fingerprint density at radius 3 is 3.11 bits per heavy atom. The molecule has 1 saturated heterocycles. The van der Waals surface area contributed by atoms with Gasteiger partial charge < -0.3 is 9.88 Å². The SMILES string of the molecule is CCCN(Cc1nnc2n1CCCC2)C1CCNC1. The minimum Gasteiger partial charge on any atom is -0.315 e. The molecule has 0 amide bonds. The molecule has 0 saturated carbocycles. The van der Waals surface area contributed by atoms with Crippen LogP contribution in [-0.2, 0) is 19.5 Å². The first-order chi connectivity index (χ1) is 9.38. The van der Waals surface area contributed by atoms with Gasteiger partial charge in [-0.15, -0.1) is 10.2 Å². The van der Waals surface area contributed by atoms with Gasteiger partial charge in [0.1, 0.15) is 11.6 Å². The second-order valence-corrected chi connectivity index (χ2v) is 5.76. The van der Waals surface area contributed by atoms with Crippen molar-refractivity contribution in [3.63, 3.8) is 0 Å². The summed E-state index contributed by atoms with van der Waals surface area (Å²) in [6, 6.07) is 0.677. The highest BCUT2D eigenvalue weighted by Gasteiger charge is 2.24. The molecule has 0 radical (unpaired) electrons. The number of nitrogens with one attached hydrogen (secondary N) is 1. The van der Waals surface area contributed by atoms with Crippen LogP contribution in [0.1, 0.15) is 44.3 Å². The highest BCUT2D eigenvalue weighted by molar-refractivity contribution is 4.99. The lowest BCUT2D eigenvalue weighted by molar-refractivity contribution is 0.191. The lowest BCUT2D eigenvalue weighted by atomic mass is 10.1. The van der Waals surface area contributed by atoms with Crippen LogP contribution in [0.2, 0.25) is 0 Å². The third-order valence-corrected chi connectivity index (χ3v) is 4.34. The molecule has 0 spiro atoms. The Kier molecular flexibility index (Phi) is 4.13. The second kappa shape index (κ2) is 6.01. The van der Waals surface area contributed by atoms with E-state index in [1.807, 2.05) is 0 Å². The van der Waals surface area contributed by atoms with Crippen LogP contribution in [0.15, 0.2) is 0 Å². The lowest BCUT2D eigenvalue weighted by Crippen LogP contribution is -2.37. The molecule has 1 aromatic rings. The van der Waals surface area contributed by atoms with Crippen molar-refractivity contribution < 1.29 is 0 Å². The maximum absolute atomic E-state index is 4.44. The Hall–Kier alpha value is -0.940. The summed E-state index contributed by atoms with van der Waals surface area (Å²) < 4.78 is 2.36. The second-order valence-electron chi connectivity index (χ2n) is 5.76. The fourth-order valence-corrected chi connectivity index (χ4v) is 3.30. The molecule has 19 heavy (non-hydrogen) atoms. The number of rotatable bonds is 5. The van der Waals surface area contributed by atoms with Gasteiger partial charge in [0.15, 0.2) is 0 Å². The molecule has 3 heterocycles. The van der Waals surface area contributed by atoms with E-state index in [1.165, 1.54) is 37.3 Å². The van der Waals surface area contributed by atoms with Crippen molar-refractivity contribution in [3.8, 4) is 0 Å². The number of hydrogen-bond acceptors (Lipinski definition) is 4. The molecule has 1 fully saturated rings. The lowest BCUT2D eigenvalue weighted by Gasteiger charge is -2.28. The smallest absolute Gasteiger partial charge is 0.147 e. The summed E-state index contributed by atoms with van der Waals surface area (Å²) in [6.07, 6.45) is 6.12. The summed E-state index contributed by atoms with van der Waals surface area (Å²) in [6.45, 7) is 7.78. The summed E-state index contributed by atoms with van der Waals surface area (Å²) >= 11 is 0. The zero-order chi connectivity index (χ0) is 13.1. The van der Waals surface area contributed by atoms with Gasteiger partial charge in [-0.3, -0.25) is 4.90 Å². The Labute approximate surface area is 115 Å². The predicted octanol–water partition coefficient (Wildman–Crippen LogP) is 1.19. The molecule has 5 nitrogen and oxygen atoms in total. The molecule has 0 aliphatic carbocycles. The van der Waals surface area contributed by atoms with Gasteiger partial charge in [-0.1, -0.05) is 6.92 Å². The Morgan fingerprint density at radius 1 is 1.37 bits per heavy atom. The first-order valence-electron chi connectivity index (χ1n) is 7.74. The standard InChI is InChI=1S/C14H25N5/c1-2-8-18(12-6-7-15-10-12)11-14-17-16-13-5-3-4-9-19(13)14/h12,15H,2-11H2,1H3. The summed E-state index contributed by atoms with van der Waals surface area (Å²) in [4.78, 5) is 2.59. The molecular formula is C14H25N5. The van der Waals surface area contributed by atoms with Gasteiger partial charge >= 0.3 is 0 Å². The number of hydrogen-bond donors (Lipinski definition) is 1. The maximum Gasteiger partial charge on any atom is 0.147 e. The van der Waals surface area contributed by atoms with E-state index >= 15 is 0 Å². The van der Waals surface area contributed by atoms with Gasteiger partial charge in [-0.05, 0) is 38.8 Å². The highest BCUT2D eigenvalue weighted by atomic mass is 15.3. The topological polar surface area (TPSA) is 46.0 Å². The fraction of sp³-hybridized carbons (Fsp3) is 0.857. The number of aryl methyl sites for hydroxylation is 1. The van der Waals surface area contributed by atoms with Gasteiger partial charge in [0.25, 0.3) is 0 Å². The molecule has 1 atom stereocenters. The van der Waals surface area contributed by atoms with E-state index in [-0.39, 0.29) is 0 Å². The normalized spacial score (nSPS) is 22.9. The van der Waals surface area contributed by atoms with Crippen LogP contribution in [0, 0.1) is 0 Å². The first kappa shape index (κ1) is 13.1. The van der Waals surface area contributed by atoms with Crippen molar-refractivity contribution in [3.05, 3.63) is 11.6 Å². The minimum absolute atomic E-state index is 0.677. The molecule has 3 rings (SSSR count). The molecule has 5 heteroatoms. The van der Waals surface area contributed by atoms with E-state index in [0.29, 0.717) is 6.04 Å². The molecule has 106 valence electrons. The van der Waals surface area contributed by atoms with Gasteiger partial charge in [0, 0.05) is 25.6 Å². The van der Waals surface area contributed by atoms with Gasteiger partial charge in [0.2, 0.25) is 0 Å². The molecular weight excluding hydrogens is 238 g/mol. The largest absolute Gasteiger partial charge is 0.315 e.